The fourth-order valence-electron chi connectivity index (χ4n) is 1.57. The van der Waals surface area contributed by atoms with Crippen LogP contribution in [0.3, 0.4) is 0 Å². The molecule has 1 aromatic carbocycles. The van der Waals surface area contributed by atoms with E-state index in [-0.39, 0.29) is 5.91 Å². The molecule has 0 aliphatic rings. The number of rotatable bonds is 5. The molecule has 0 spiro atoms. The van der Waals surface area contributed by atoms with Gasteiger partial charge in [-0.1, -0.05) is 18.2 Å². The number of nitrogens with one attached hydrogen (secondary N) is 1. The van der Waals surface area contributed by atoms with Crippen LogP contribution < -0.4 is 5.32 Å². The van der Waals surface area contributed by atoms with E-state index >= 15 is 0 Å². The summed E-state index contributed by atoms with van der Waals surface area (Å²) in [6.07, 6.45) is 2.11. The van der Waals surface area contributed by atoms with E-state index in [9.17, 15) is 9.59 Å². The SMILES string of the molecule is C[C@H](OC(=O)/C=C/c1ccsc1)C(=O)Nc1ccccc1. The van der Waals surface area contributed by atoms with Crippen LogP contribution in [0.2, 0.25) is 0 Å². The Labute approximate surface area is 127 Å². The van der Waals surface area contributed by atoms with E-state index in [0.717, 1.165) is 5.56 Å². The normalized spacial score (nSPS) is 12.0. The van der Waals surface area contributed by atoms with Crippen LogP contribution in [0, 0.1) is 0 Å². The number of carbonyl (C=O) groups excluding carboxylic acids is 2. The second kappa shape index (κ2) is 7.40. The first-order valence-corrected chi connectivity index (χ1v) is 7.36. The summed E-state index contributed by atoms with van der Waals surface area (Å²) in [6.45, 7) is 1.54. The van der Waals surface area contributed by atoms with Gasteiger partial charge in [0.1, 0.15) is 0 Å². The Hall–Kier alpha value is -2.40. The van der Waals surface area contributed by atoms with Crippen LogP contribution in [0.5, 0.6) is 0 Å². The molecular formula is C16H15NO3S. The van der Waals surface area contributed by atoms with Crippen molar-refractivity contribution >= 4 is 35.0 Å². The Balaban J connectivity index is 1.84. The molecule has 2 aromatic rings. The Kier molecular flexibility index (Phi) is 5.29. The van der Waals surface area contributed by atoms with Crippen molar-refractivity contribution in [3.63, 3.8) is 0 Å². The summed E-state index contributed by atoms with van der Waals surface area (Å²) >= 11 is 1.54. The van der Waals surface area contributed by atoms with Crippen molar-refractivity contribution in [1.29, 1.82) is 0 Å². The Bertz CT molecular complexity index is 620. The average Bonchev–Trinajstić information content (AvgIpc) is 2.99. The van der Waals surface area contributed by atoms with Gasteiger partial charge in [0.25, 0.3) is 5.91 Å². The number of esters is 1. The molecule has 0 bridgehead atoms. The lowest BCUT2D eigenvalue weighted by Gasteiger charge is -2.12. The van der Waals surface area contributed by atoms with Gasteiger partial charge < -0.3 is 10.1 Å². The van der Waals surface area contributed by atoms with E-state index in [1.54, 1.807) is 29.5 Å². The van der Waals surface area contributed by atoms with Gasteiger partial charge in [-0.15, -0.1) is 0 Å². The minimum atomic E-state index is -0.857. The van der Waals surface area contributed by atoms with Gasteiger partial charge in [0.05, 0.1) is 0 Å². The predicted octanol–water partition coefficient (Wildman–Crippen LogP) is 3.33. The number of amides is 1. The maximum Gasteiger partial charge on any atom is 0.331 e. The molecule has 4 nitrogen and oxygen atoms in total. The average molecular weight is 301 g/mol. The number of ether oxygens (including phenoxy) is 1. The van der Waals surface area contributed by atoms with Gasteiger partial charge in [0.15, 0.2) is 6.10 Å². The lowest BCUT2D eigenvalue weighted by Crippen LogP contribution is -2.29. The molecule has 2 rings (SSSR count). The van der Waals surface area contributed by atoms with Crippen molar-refractivity contribution in [3.8, 4) is 0 Å². The molecule has 0 radical (unpaired) electrons. The number of hydrogen-bond acceptors (Lipinski definition) is 4. The van der Waals surface area contributed by atoms with Crippen molar-refractivity contribution < 1.29 is 14.3 Å². The lowest BCUT2D eigenvalue weighted by molar-refractivity contribution is -0.148. The topological polar surface area (TPSA) is 55.4 Å². The minimum absolute atomic E-state index is 0.363. The van der Waals surface area contributed by atoms with Crippen LogP contribution in [-0.4, -0.2) is 18.0 Å². The number of para-hydroxylation sites is 1. The molecule has 1 N–H and O–H groups in total. The van der Waals surface area contributed by atoms with Crippen LogP contribution in [0.15, 0.2) is 53.2 Å². The minimum Gasteiger partial charge on any atom is -0.449 e. The van der Waals surface area contributed by atoms with Gasteiger partial charge in [-0.3, -0.25) is 4.79 Å². The molecule has 0 saturated heterocycles. The summed E-state index contributed by atoms with van der Waals surface area (Å²) in [5.41, 5.74) is 1.59. The summed E-state index contributed by atoms with van der Waals surface area (Å²) in [7, 11) is 0. The molecular weight excluding hydrogens is 286 g/mol. The molecule has 5 heteroatoms. The summed E-state index contributed by atoms with van der Waals surface area (Å²) in [5, 5.41) is 6.51. The highest BCUT2D eigenvalue weighted by Crippen LogP contribution is 2.09. The number of anilines is 1. The summed E-state index contributed by atoms with van der Waals surface area (Å²) in [4.78, 5) is 23.5. The number of hydrogen-bond donors (Lipinski definition) is 1. The van der Waals surface area contributed by atoms with E-state index in [1.165, 1.54) is 13.0 Å². The molecule has 1 amide bonds. The standard InChI is InChI=1S/C16H15NO3S/c1-12(16(19)17-14-5-3-2-4-6-14)20-15(18)8-7-13-9-10-21-11-13/h2-12H,1H3,(H,17,19)/b8-7+/t12-/m0/s1. The van der Waals surface area contributed by atoms with Gasteiger partial charge in [-0.25, -0.2) is 4.79 Å². The number of thiophene rings is 1. The van der Waals surface area contributed by atoms with Crippen molar-refractivity contribution in [1.82, 2.24) is 0 Å². The monoisotopic (exact) mass is 301 g/mol. The van der Waals surface area contributed by atoms with Gasteiger partial charge in [-0.2, -0.15) is 11.3 Å². The Morgan fingerprint density at radius 2 is 2.00 bits per heavy atom. The van der Waals surface area contributed by atoms with Crippen LogP contribution in [0.4, 0.5) is 5.69 Å². The van der Waals surface area contributed by atoms with E-state index < -0.39 is 12.1 Å². The quantitative estimate of drug-likeness (QED) is 0.681. The molecule has 1 atom stereocenters. The molecule has 108 valence electrons. The smallest absolute Gasteiger partial charge is 0.331 e. The molecule has 0 aliphatic heterocycles. The Morgan fingerprint density at radius 1 is 1.24 bits per heavy atom. The molecule has 0 saturated carbocycles. The second-order valence-electron chi connectivity index (χ2n) is 4.32. The molecule has 21 heavy (non-hydrogen) atoms. The third-order valence-electron chi connectivity index (χ3n) is 2.66. The van der Waals surface area contributed by atoms with E-state index in [2.05, 4.69) is 5.32 Å². The number of carbonyl (C=O) groups is 2. The van der Waals surface area contributed by atoms with E-state index in [0.29, 0.717) is 5.69 Å². The third-order valence-corrected chi connectivity index (χ3v) is 3.36. The van der Waals surface area contributed by atoms with Crippen molar-refractivity contribution in [2.45, 2.75) is 13.0 Å². The van der Waals surface area contributed by atoms with Gasteiger partial charge in [0, 0.05) is 11.8 Å². The van der Waals surface area contributed by atoms with Crippen LogP contribution in [-0.2, 0) is 14.3 Å². The van der Waals surface area contributed by atoms with Crippen LogP contribution >= 0.6 is 11.3 Å². The molecule has 0 unspecified atom stereocenters. The summed E-state index contributed by atoms with van der Waals surface area (Å²) in [6, 6.07) is 10.9. The first-order chi connectivity index (χ1) is 10.1. The van der Waals surface area contributed by atoms with Crippen LogP contribution in [0.25, 0.3) is 6.08 Å². The molecule has 0 aliphatic carbocycles. The largest absolute Gasteiger partial charge is 0.449 e. The highest BCUT2D eigenvalue weighted by Gasteiger charge is 2.16. The Morgan fingerprint density at radius 3 is 2.67 bits per heavy atom. The fourth-order valence-corrected chi connectivity index (χ4v) is 2.20. The first kappa shape index (κ1) is 15.0. The van der Waals surface area contributed by atoms with Crippen molar-refractivity contribution in [3.05, 3.63) is 58.8 Å². The van der Waals surface area contributed by atoms with E-state index in [1.807, 2.05) is 35.0 Å². The first-order valence-electron chi connectivity index (χ1n) is 6.42. The van der Waals surface area contributed by atoms with Crippen LogP contribution in [0.1, 0.15) is 12.5 Å². The van der Waals surface area contributed by atoms with Gasteiger partial charge in [-0.05, 0) is 47.5 Å². The summed E-state index contributed by atoms with van der Waals surface area (Å²) < 4.78 is 5.05. The van der Waals surface area contributed by atoms with E-state index in [4.69, 9.17) is 4.74 Å². The zero-order valence-corrected chi connectivity index (χ0v) is 12.3. The number of benzene rings is 1. The fraction of sp³-hybridized carbons (Fsp3) is 0.125. The predicted molar refractivity (Wildman–Crippen MR) is 84.0 cm³/mol. The van der Waals surface area contributed by atoms with Gasteiger partial charge in [0.2, 0.25) is 0 Å². The zero-order valence-electron chi connectivity index (χ0n) is 11.5. The maximum atomic E-state index is 11.9. The van der Waals surface area contributed by atoms with Crippen molar-refractivity contribution in [2.24, 2.45) is 0 Å². The molecule has 1 aromatic heterocycles. The third kappa shape index (κ3) is 4.89. The highest BCUT2D eigenvalue weighted by molar-refractivity contribution is 7.08. The van der Waals surface area contributed by atoms with Crippen molar-refractivity contribution in [2.75, 3.05) is 5.32 Å². The highest BCUT2D eigenvalue weighted by atomic mass is 32.1. The lowest BCUT2D eigenvalue weighted by atomic mass is 10.3. The zero-order chi connectivity index (χ0) is 15.1. The molecule has 1 heterocycles. The molecule has 0 fully saturated rings. The summed E-state index contributed by atoms with van der Waals surface area (Å²) in [5.74, 6) is -0.907. The second-order valence-corrected chi connectivity index (χ2v) is 5.10. The maximum absolute atomic E-state index is 11.9. The van der Waals surface area contributed by atoms with Gasteiger partial charge >= 0.3 is 5.97 Å².